The Kier molecular flexibility index (Phi) is 3.64. The Labute approximate surface area is 106 Å². The fraction of sp³-hybridized carbons (Fsp3) is 0.583. The summed E-state index contributed by atoms with van der Waals surface area (Å²) in [6, 6.07) is 3.22. The molecule has 2 rings (SSSR count). The smallest absolute Gasteiger partial charge is 0.311 e. The van der Waals surface area contributed by atoms with Crippen molar-refractivity contribution in [2.24, 2.45) is 0 Å². The predicted molar refractivity (Wildman–Crippen MR) is 70.6 cm³/mol. The standard InChI is InChI=1S/C12H18N4O2/c1-15(9-5-3-2-4-6-9)12-10(16(17)18)7-8-11(13)14-12/h7-9H,2-6H2,1H3,(H2,13,14). The van der Waals surface area contributed by atoms with Crippen LogP contribution in [0.3, 0.4) is 0 Å². The van der Waals surface area contributed by atoms with Gasteiger partial charge in [0, 0.05) is 19.2 Å². The molecule has 1 saturated carbocycles. The Hall–Kier alpha value is -1.85. The summed E-state index contributed by atoms with van der Waals surface area (Å²) in [5.74, 6) is 0.699. The Morgan fingerprint density at radius 3 is 2.67 bits per heavy atom. The molecule has 1 aliphatic rings. The monoisotopic (exact) mass is 250 g/mol. The first-order valence-electron chi connectivity index (χ1n) is 6.23. The zero-order valence-electron chi connectivity index (χ0n) is 10.5. The lowest BCUT2D eigenvalue weighted by Gasteiger charge is -2.31. The van der Waals surface area contributed by atoms with E-state index in [1.165, 1.54) is 31.4 Å². The normalized spacial score (nSPS) is 16.5. The number of hydrogen-bond donors (Lipinski definition) is 1. The van der Waals surface area contributed by atoms with E-state index >= 15 is 0 Å². The van der Waals surface area contributed by atoms with Gasteiger partial charge in [-0.25, -0.2) is 4.98 Å². The zero-order chi connectivity index (χ0) is 13.1. The molecule has 0 amide bonds. The number of anilines is 2. The van der Waals surface area contributed by atoms with Crippen molar-refractivity contribution in [3.63, 3.8) is 0 Å². The van der Waals surface area contributed by atoms with Crippen LogP contribution in [0, 0.1) is 10.1 Å². The van der Waals surface area contributed by atoms with Crippen molar-refractivity contribution < 1.29 is 4.92 Å². The molecule has 1 fully saturated rings. The average Bonchev–Trinajstić information content (AvgIpc) is 2.38. The minimum Gasteiger partial charge on any atom is -0.384 e. The van der Waals surface area contributed by atoms with Gasteiger partial charge in [0.15, 0.2) is 0 Å². The third-order valence-corrected chi connectivity index (χ3v) is 3.53. The van der Waals surface area contributed by atoms with Crippen molar-refractivity contribution in [1.82, 2.24) is 4.98 Å². The van der Waals surface area contributed by atoms with Crippen LogP contribution in [0.25, 0.3) is 0 Å². The van der Waals surface area contributed by atoms with Crippen LogP contribution in [0.1, 0.15) is 32.1 Å². The van der Waals surface area contributed by atoms with Crippen LogP contribution in [0.15, 0.2) is 12.1 Å². The van der Waals surface area contributed by atoms with E-state index in [1.807, 2.05) is 11.9 Å². The lowest BCUT2D eigenvalue weighted by molar-refractivity contribution is -0.384. The summed E-state index contributed by atoms with van der Waals surface area (Å²) in [5, 5.41) is 11.0. The van der Waals surface area contributed by atoms with Crippen molar-refractivity contribution in [2.75, 3.05) is 17.7 Å². The first-order chi connectivity index (χ1) is 8.59. The van der Waals surface area contributed by atoms with Crippen molar-refractivity contribution >= 4 is 17.3 Å². The molecule has 0 aliphatic heterocycles. The quantitative estimate of drug-likeness (QED) is 0.657. The van der Waals surface area contributed by atoms with E-state index in [0.717, 1.165) is 12.8 Å². The Bertz CT molecular complexity index is 444. The second kappa shape index (κ2) is 5.20. The largest absolute Gasteiger partial charge is 0.384 e. The molecule has 1 aliphatic carbocycles. The molecule has 0 saturated heterocycles. The second-order valence-electron chi connectivity index (χ2n) is 4.74. The molecule has 0 radical (unpaired) electrons. The van der Waals surface area contributed by atoms with Crippen LogP contribution >= 0.6 is 0 Å². The third-order valence-electron chi connectivity index (χ3n) is 3.53. The zero-order valence-corrected chi connectivity index (χ0v) is 10.5. The molecule has 98 valence electrons. The van der Waals surface area contributed by atoms with Gasteiger partial charge in [-0.15, -0.1) is 0 Å². The van der Waals surface area contributed by atoms with Crippen molar-refractivity contribution in [3.8, 4) is 0 Å². The number of nitrogens with two attached hydrogens (primary N) is 1. The highest BCUT2D eigenvalue weighted by Gasteiger charge is 2.25. The lowest BCUT2D eigenvalue weighted by Crippen LogP contribution is -2.34. The van der Waals surface area contributed by atoms with Crippen molar-refractivity contribution in [3.05, 3.63) is 22.2 Å². The number of aromatic nitrogens is 1. The van der Waals surface area contributed by atoms with E-state index in [1.54, 1.807) is 0 Å². The molecular formula is C12H18N4O2. The Morgan fingerprint density at radius 2 is 2.06 bits per heavy atom. The van der Waals surface area contributed by atoms with Crippen LogP contribution in [0.2, 0.25) is 0 Å². The van der Waals surface area contributed by atoms with Gasteiger partial charge in [0.1, 0.15) is 5.82 Å². The highest BCUT2D eigenvalue weighted by Crippen LogP contribution is 2.31. The van der Waals surface area contributed by atoms with E-state index in [-0.39, 0.29) is 5.69 Å². The van der Waals surface area contributed by atoms with Crippen LogP contribution in [-0.4, -0.2) is 23.0 Å². The van der Waals surface area contributed by atoms with Crippen LogP contribution in [-0.2, 0) is 0 Å². The van der Waals surface area contributed by atoms with Crippen LogP contribution in [0.5, 0.6) is 0 Å². The fourth-order valence-corrected chi connectivity index (χ4v) is 2.50. The lowest BCUT2D eigenvalue weighted by atomic mass is 9.94. The molecule has 0 bridgehead atoms. The SMILES string of the molecule is CN(c1nc(N)ccc1[N+](=O)[O-])C1CCCCC1. The molecule has 0 unspecified atom stereocenters. The van der Waals surface area contributed by atoms with E-state index in [4.69, 9.17) is 5.73 Å². The predicted octanol–water partition coefficient (Wildman–Crippen LogP) is 2.34. The number of nitro groups is 1. The first-order valence-corrected chi connectivity index (χ1v) is 6.23. The molecule has 0 spiro atoms. The van der Waals surface area contributed by atoms with E-state index in [0.29, 0.717) is 17.7 Å². The van der Waals surface area contributed by atoms with Gasteiger partial charge in [0.05, 0.1) is 4.92 Å². The van der Waals surface area contributed by atoms with Crippen molar-refractivity contribution in [2.45, 2.75) is 38.1 Å². The van der Waals surface area contributed by atoms with Gasteiger partial charge in [-0.2, -0.15) is 0 Å². The minimum absolute atomic E-state index is 0.0253. The minimum atomic E-state index is -0.402. The highest BCUT2D eigenvalue weighted by atomic mass is 16.6. The maximum absolute atomic E-state index is 11.0. The molecule has 0 atom stereocenters. The van der Waals surface area contributed by atoms with E-state index < -0.39 is 4.92 Å². The van der Waals surface area contributed by atoms with Gasteiger partial charge < -0.3 is 10.6 Å². The average molecular weight is 250 g/mol. The molecule has 1 aromatic heterocycles. The molecule has 18 heavy (non-hydrogen) atoms. The van der Waals surface area contributed by atoms with Gasteiger partial charge in [-0.3, -0.25) is 10.1 Å². The summed E-state index contributed by atoms with van der Waals surface area (Å²) in [5.41, 5.74) is 5.66. The highest BCUT2D eigenvalue weighted by molar-refractivity contribution is 5.61. The van der Waals surface area contributed by atoms with E-state index in [9.17, 15) is 10.1 Å². The van der Waals surface area contributed by atoms with Gasteiger partial charge in [-0.05, 0) is 18.9 Å². The molecule has 1 aromatic rings. The van der Waals surface area contributed by atoms with Gasteiger partial charge in [0.25, 0.3) is 0 Å². The van der Waals surface area contributed by atoms with Crippen molar-refractivity contribution in [1.29, 1.82) is 0 Å². The third kappa shape index (κ3) is 2.52. The summed E-state index contributed by atoms with van der Waals surface area (Å²) in [4.78, 5) is 16.7. The summed E-state index contributed by atoms with van der Waals surface area (Å²) in [6.45, 7) is 0. The summed E-state index contributed by atoms with van der Waals surface area (Å²) < 4.78 is 0. The molecule has 6 heteroatoms. The Morgan fingerprint density at radius 1 is 1.39 bits per heavy atom. The van der Waals surface area contributed by atoms with E-state index in [2.05, 4.69) is 4.98 Å². The summed E-state index contributed by atoms with van der Waals surface area (Å²) in [6.07, 6.45) is 5.71. The molecular weight excluding hydrogens is 232 g/mol. The second-order valence-corrected chi connectivity index (χ2v) is 4.74. The summed E-state index contributed by atoms with van der Waals surface area (Å²) >= 11 is 0. The fourth-order valence-electron chi connectivity index (χ4n) is 2.50. The van der Waals surface area contributed by atoms with Crippen LogP contribution < -0.4 is 10.6 Å². The molecule has 1 heterocycles. The number of nitrogens with zero attached hydrogens (tertiary/aromatic N) is 3. The molecule has 0 aromatic carbocycles. The topological polar surface area (TPSA) is 85.3 Å². The maximum atomic E-state index is 11.0. The maximum Gasteiger partial charge on any atom is 0.311 e. The number of nitrogen functional groups attached to an aromatic ring is 1. The Balaban J connectivity index is 2.30. The molecule has 2 N–H and O–H groups in total. The van der Waals surface area contributed by atoms with Gasteiger partial charge in [0.2, 0.25) is 5.82 Å². The van der Waals surface area contributed by atoms with Gasteiger partial charge in [-0.1, -0.05) is 19.3 Å². The van der Waals surface area contributed by atoms with Crippen LogP contribution in [0.4, 0.5) is 17.3 Å². The number of rotatable bonds is 3. The first kappa shape index (κ1) is 12.6. The number of pyridine rings is 1. The number of hydrogen-bond acceptors (Lipinski definition) is 5. The summed E-state index contributed by atoms with van der Waals surface area (Å²) in [7, 11) is 1.87. The van der Waals surface area contributed by atoms with Gasteiger partial charge >= 0.3 is 5.69 Å². The molecule has 6 nitrogen and oxygen atoms in total.